The molecule has 19 heavy (non-hydrogen) atoms. The number of ether oxygens (including phenoxy) is 2. The fourth-order valence-corrected chi connectivity index (χ4v) is 2.78. The number of methoxy groups -OCH3 is 1. The minimum atomic E-state index is 0.131. The number of benzene rings is 1. The van der Waals surface area contributed by atoms with Crippen LogP contribution in [0.1, 0.15) is 37.7 Å². The highest BCUT2D eigenvalue weighted by molar-refractivity contribution is 5.42. The molecule has 0 heterocycles. The molecule has 0 saturated heterocycles. The van der Waals surface area contributed by atoms with Gasteiger partial charge in [-0.3, -0.25) is 0 Å². The lowest BCUT2D eigenvalue weighted by atomic mass is 9.84. The van der Waals surface area contributed by atoms with E-state index in [4.69, 9.17) is 15.2 Å². The first-order valence-electron chi connectivity index (χ1n) is 7.23. The molecule has 1 aliphatic rings. The molecular weight excluding hydrogens is 238 g/mol. The molecule has 0 bridgehead atoms. The third kappa shape index (κ3) is 3.87. The van der Waals surface area contributed by atoms with E-state index in [0.717, 1.165) is 11.5 Å². The van der Waals surface area contributed by atoms with E-state index in [1.807, 2.05) is 25.1 Å². The van der Waals surface area contributed by atoms with Gasteiger partial charge in [0, 0.05) is 6.04 Å². The van der Waals surface area contributed by atoms with E-state index in [9.17, 15) is 0 Å². The molecule has 3 nitrogen and oxygen atoms in total. The number of nitrogens with two attached hydrogens (primary N) is 1. The highest BCUT2D eigenvalue weighted by Crippen LogP contribution is 2.29. The summed E-state index contributed by atoms with van der Waals surface area (Å²) in [4.78, 5) is 0. The van der Waals surface area contributed by atoms with Crippen molar-refractivity contribution >= 4 is 0 Å². The molecule has 1 fully saturated rings. The molecule has 0 spiro atoms. The Morgan fingerprint density at radius 3 is 2.63 bits per heavy atom. The highest BCUT2D eigenvalue weighted by atomic mass is 16.5. The molecule has 2 N–H and O–H groups in total. The summed E-state index contributed by atoms with van der Waals surface area (Å²) in [5, 5.41) is 0. The second-order valence-electron chi connectivity index (χ2n) is 5.53. The number of hydrogen-bond donors (Lipinski definition) is 1. The Bertz CT molecular complexity index is 400. The Morgan fingerprint density at radius 1 is 1.21 bits per heavy atom. The molecule has 0 aliphatic heterocycles. The van der Waals surface area contributed by atoms with Crippen molar-refractivity contribution in [2.24, 2.45) is 11.7 Å². The average Bonchev–Trinajstić information content (AvgIpc) is 2.46. The topological polar surface area (TPSA) is 44.5 Å². The third-order valence-electron chi connectivity index (χ3n) is 4.01. The van der Waals surface area contributed by atoms with Gasteiger partial charge in [-0.25, -0.2) is 0 Å². The quantitative estimate of drug-likeness (QED) is 0.886. The van der Waals surface area contributed by atoms with Gasteiger partial charge in [0.1, 0.15) is 6.61 Å². The van der Waals surface area contributed by atoms with Gasteiger partial charge in [0.25, 0.3) is 0 Å². The van der Waals surface area contributed by atoms with Crippen molar-refractivity contribution in [1.82, 2.24) is 0 Å². The summed E-state index contributed by atoms with van der Waals surface area (Å²) >= 11 is 0. The van der Waals surface area contributed by atoms with E-state index in [2.05, 4.69) is 0 Å². The molecule has 0 amide bonds. The molecule has 1 aromatic rings. The van der Waals surface area contributed by atoms with Crippen LogP contribution in [0.15, 0.2) is 18.2 Å². The summed E-state index contributed by atoms with van der Waals surface area (Å²) in [7, 11) is 1.67. The van der Waals surface area contributed by atoms with Gasteiger partial charge in [0.15, 0.2) is 11.5 Å². The van der Waals surface area contributed by atoms with Gasteiger partial charge in [0.05, 0.1) is 7.11 Å². The summed E-state index contributed by atoms with van der Waals surface area (Å²) in [5.74, 6) is 2.19. The van der Waals surface area contributed by atoms with Crippen LogP contribution in [-0.2, 0) is 0 Å². The Labute approximate surface area is 116 Å². The largest absolute Gasteiger partial charge is 0.493 e. The SMILES string of the molecule is COc1cc(C)ccc1OCC(N)C1CCCCC1. The van der Waals surface area contributed by atoms with Crippen LogP contribution in [0.2, 0.25) is 0 Å². The smallest absolute Gasteiger partial charge is 0.161 e. The maximum atomic E-state index is 6.25. The summed E-state index contributed by atoms with van der Waals surface area (Å²) in [6, 6.07) is 6.11. The van der Waals surface area contributed by atoms with Gasteiger partial charge in [-0.1, -0.05) is 25.3 Å². The van der Waals surface area contributed by atoms with E-state index in [-0.39, 0.29) is 6.04 Å². The fourth-order valence-electron chi connectivity index (χ4n) is 2.78. The predicted molar refractivity (Wildman–Crippen MR) is 77.8 cm³/mol. The van der Waals surface area contributed by atoms with Gasteiger partial charge >= 0.3 is 0 Å². The fraction of sp³-hybridized carbons (Fsp3) is 0.625. The van der Waals surface area contributed by atoms with Gasteiger partial charge in [-0.05, 0) is 43.4 Å². The van der Waals surface area contributed by atoms with Crippen LogP contribution < -0.4 is 15.2 Å². The van der Waals surface area contributed by atoms with E-state index in [1.54, 1.807) is 7.11 Å². The van der Waals surface area contributed by atoms with Crippen LogP contribution in [0.25, 0.3) is 0 Å². The first kappa shape index (κ1) is 14.2. The molecule has 1 unspecified atom stereocenters. The molecule has 3 heteroatoms. The molecule has 2 rings (SSSR count). The van der Waals surface area contributed by atoms with Crippen LogP contribution >= 0.6 is 0 Å². The third-order valence-corrected chi connectivity index (χ3v) is 4.01. The van der Waals surface area contributed by atoms with Crippen LogP contribution in [0.3, 0.4) is 0 Å². The van der Waals surface area contributed by atoms with Crippen LogP contribution in [0, 0.1) is 12.8 Å². The van der Waals surface area contributed by atoms with Crippen molar-refractivity contribution in [2.45, 2.75) is 45.1 Å². The molecule has 1 aliphatic carbocycles. The lowest BCUT2D eigenvalue weighted by molar-refractivity contribution is 0.208. The van der Waals surface area contributed by atoms with Crippen molar-refractivity contribution in [3.8, 4) is 11.5 Å². The zero-order chi connectivity index (χ0) is 13.7. The highest BCUT2D eigenvalue weighted by Gasteiger charge is 2.21. The second-order valence-corrected chi connectivity index (χ2v) is 5.53. The predicted octanol–water partition coefficient (Wildman–Crippen LogP) is 3.29. The van der Waals surface area contributed by atoms with Crippen molar-refractivity contribution in [3.63, 3.8) is 0 Å². The van der Waals surface area contributed by atoms with Crippen molar-refractivity contribution in [3.05, 3.63) is 23.8 Å². The van der Waals surface area contributed by atoms with Crippen LogP contribution in [0.5, 0.6) is 11.5 Å². The zero-order valence-corrected chi connectivity index (χ0v) is 12.0. The van der Waals surface area contributed by atoms with Gasteiger partial charge in [-0.2, -0.15) is 0 Å². The summed E-state index contributed by atoms with van der Waals surface area (Å²) < 4.78 is 11.2. The Hall–Kier alpha value is -1.22. The van der Waals surface area contributed by atoms with E-state index in [0.29, 0.717) is 12.5 Å². The summed E-state index contributed by atoms with van der Waals surface area (Å²) in [6.07, 6.45) is 6.47. The van der Waals surface area contributed by atoms with Crippen molar-refractivity contribution in [2.75, 3.05) is 13.7 Å². The van der Waals surface area contributed by atoms with E-state index >= 15 is 0 Å². The molecule has 1 atom stereocenters. The van der Waals surface area contributed by atoms with Crippen LogP contribution in [-0.4, -0.2) is 19.8 Å². The van der Waals surface area contributed by atoms with Crippen LogP contribution in [0.4, 0.5) is 0 Å². The Kier molecular flexibility index (Phi) is 5.08. The Balaban J connectivity index is 1.90. The van der Waals surface area contributed by atoms with Gasteiger partial charge in [0.2, 0.25) is 0 Å². The van der Waals surface area contributed by atoms with Gasteiger partial charge < -0.3 is 15.2 Å². The summed E-state index contributed by atoms with van der Waals surface area (Å²) in [6.45, 7) is 2.62. The molecule has 106 valence electrons. The molecule has 1 aromatic carbocycles. The number of hydrogen-bond acceptors (Lipinski definition) is 3. The summed E-state index contributed by atoms with van der Waals surface area (Å²) in [5.41, 5.74) is 7.42. The number of rotatable bonds is 5. The second kappa shape index (κ2) is 6.80. The van der Waals surface area contributed by atoms with E-state index in [1.165, 1.54) is 37.7 Å². The lowest BCUT2D eigenvalue weighted by Crippen LogP contribution is -2.37. The maximum absolute atomic E-state index is 6.25. The Morgan fingerprint density at radius 2 is 1.95 bits per heavy atom. The lowest BCUT2D eigenvalue weighted by Gasteiger charge is -2.27. The van der Waals surface area contributed by atoms with Gasteiger partial charge in [-0.15, -0.1) is 0 Å². The first-order valence-corrected chi connectivity index (χ1v) is 7.23. The standard InChI is InChI=1S/C16H25NO2/c1-12-8-9-15(16(10-12)18-2)19-11-14(17)13-6-4-3-5-7-13/h8-10,13-14H,3-7,11,17H2,1-2H3. The van der Waals surface area contributed by atoms with E-state index < -0.39 is 0 Å². The molecule has 0 radical (unpaired) electrons. The maximum Gasteiger partial charge on any atom is 0.161 e. The minimum Gasteiger partial charge on any atom is -0.493 e. The first-order chi connectivity index (χ1) is 9.20. The minimum absolute atomic E-state index is 0.131. The van der Waals surface area contributed by atoms with Crippen molar-refractivity contribution in [1.29, 1.82) is 0 Å². The monoisotopic (exact) mass is 263 g/mol. The molecule has 0 aromatic heterocycles. The average molecular weight is 263 g/mol. The molecular formula is C16H25NO2. The molecule has 1 saturated carbocycles. The number of aryl methyl sites for hydroxylation is 1. The normalized spacial score (nSPS) is 18.1. The van der Waals surface area contributed by atoms with Crippen molar-refractivity contribution < 1.29 is 9.47 Å². The zero-order valence-electron chi connectivity index (χ0n) is 12.0.